The largest absolute Gasteiger partial charge is 0.417 e. The number of morpholine rings is 1. The second-order valence-electron chi connectivity index (χ2n) is 2.21. The molecule has 1 aliphatic rings. The van der Waals surface area contributed by atoms with Gasteiger partial charge in [-0.05, 0) is 0 Å². The van der Waals surface area contributed by atoms with Crippen LogP contribution >= 0.6 is 0 Å². The summed E-state index contributed by atoms with van der Waals surface area (Å²) in [6.45, 7) is 3.83. The fourth-order valence-electron chi connectivity index (χ4n) is 0.748. The molecule has 1 aliphatic heterocycles. The Labute approximate surface area is 69.7 Å². The Balaban J connectivity index is 0.000000120. The molecule has 0 amide bonds. The molecular weight excluding hydrogens is 160 g/mol. The first kappa shape index (κ1) is 9.02. The van der Waals surface area contributed by atoms with Crippen LogP contribution in [0.15, 0.2) is 21.7 Å². The Kier molecular flexibility index (Phi) is 4.18. The monoisotopic (exact) mass is 172 g/mol. The third-order valence-corrected chi connectivity index (χ3v) is 1.29. The minimum atomic E-state index is -0.407. The van der Waals surface area contributed by atoms with E-state index < -0.39 is 5.76 Å². The summed E-state index contributed by atoms with van der Waals surface area (Å²) < 4.78 is 9.23. The number of hydrogen-bond donors (Lipinski definition) is 2. The van der Waals surface area contributed by atoms with Gasteiger partial charge in [0.1, 0.15) is 6.26 Å². The summed E-state index contributed by atoms with van der Waals surface area (Å²) in [7, 11) is 0. The number of ether oxygens (including phenoxy) is 1. The van der Waals surface area contributed by atoms with Crippen LogP contribution in [0.4, 0.5) is 0 Å². The van der Waals surface area contributed by atoms with E-state index in [0.717, 1.165) is 26.3 Å². The van der Waals surface area contributed by atoms with E-state index in [-0.39, 0.29) is 0 Å². The van der Waals surface area contributed by atoms with Gasteiger partial charge < -0.3 is 14.5 Å². The van der Waals surface area contributed by atoms with Crippen molar-refractivity contribution in [2.75, 3.05) is 26.3 Å². The maximum atomic E-state index is 9.85. The van der Waals surface area contributed by atoms with E-state index in [0.29, 0.717) is 0 Å². The maximum Gasteiger partial charge on any atom is 0.416 e. The molecule has 5 nitrogen and oxygen atoms in total. The highest BCUT2D eigenvalue weighted by Crippen LogP contribution is 1.76. The Morgan fingerprint density at radius 1 is 1.33 bits per heavy atom. The van der Waals surface area contributed by atoms with Gasteiger partial charge in [0.05, 0.1) is 13.2 Å². The molecule has 0 radical (unpaired) electrons. The highest BCUT2D eigenvalue weighted by molar-refractivity contribution is 4.58. The molecule has 5 heteroatoms. The number of rotatable bonds is 0. The van der Waals surface area contributed by atoms with Crippen LogP contribution in [0.1, 0.15) is 0 Å². The molecule has 2 heterocycles. The number of aromatic amines is 1. The van der Waals surface area contributed by atoms with Gasteiger partial charge in [-0.2, -0.15) is 0 Å². The zero-order valence-corrected chi connectivity index (χ0v) is 6.71. The van der Waals surface area contributed by atoms with Crippen molar-refractivity contribution in [3.8, 4) is 0 Å². The summed E-state index contributed by atoms with van der Waals surface area (Å²) in [6.07, 6.45) is 2.73. The van der Waals surface area contributed by atoms with Crippen LogP contribution in [-0.2, 0) is 4.74 Å². The first-order valence-corrected chi connectivity index (χ1v) is 3.80. The van der Waals surface area contributed by atoms with Gasteiger partial charge in [-0.1, -0.05) is 0 Å². The van der Waals surface area contributed by atoms with Crippen molar-refractivity contribution in [3.63, 3.8) is 0 Å². The lowest BCUT2D eigenvalue weighted by Crippen LogP contribution is -2.30. The average Bonchev–Trinajstić information content (AvgIpc) is 2.60. The van der Waals surface area contributed by atoms with E-state index in [4.69, 9.17) is 4.74 Å². The minimum absolute atomic E-state index is 0.407. The molecular formula is C7H12N2O3. The third kappa shape index (κ3) is 3.95. The highest BCUT2D eigenvalue weighted by Gasteiger charge is 1.92. The lowest BCUT2D eigenvalue weighted by molar-refractivity contribution is 0.109. The SMILES string of the molecule is C1COCCN1.O=c1[nH]cco1. The fraction of sp³-hybridized carbons (Fsp3) is 0.571. The third-order valence-electron chi connectivity index (χ3n) is 1.29. The van der Waals surface area contributed by atoms with Gasteiger partial charge in [0, 0.05) is 19.3 Å². The Morgan fingerprint density at radius 2 is 2.08 bits per heavy atom. The van der Waals surface area contributed by atoms with E-state index in [1.807, 2.05) is 0 Å². The standard InChI is InChI=1S/C4H9NO.C3H3NO2/c1-3-6-4-2-5-1;5-3-4-1-2-6-3/h5H,1-4H2;1-2H,(H,4,5). The summed E-state index contributed by atoms with van der Waals surface area (Å²) >= 11 is 0. The molecule has 0 spiro atoms. The first-order chi connectivity index (χ1) is 5.89. The maximum absolute atomic E-state index is 9.85. The highest BCUT2D eigenvalue weighted by atomic mass is 16.5. The molecule has 0 atom stereocenters. The predicted octanol–water partition coefficient (Wildman–Crippen LogP) is -0.426. The van der Waals surface area contributed by atoms with Crippen molar-refractivity contribution in [2.45, 2.75) is 0 Å². The van der Waals surface area contributed by atoms with E-state index in [2.05, 4.69) is 14.7 Å². The number of oxazole rings is 1. The van der Waals surface area contributed by atoms with Gasteiger partial charge in [0.15, 0.2) is 0 Å². The van der Waals surface area contributed by atoms with Crippen LogP contribution in [0, 0.1) is 0 Å². The molecule has 0 saturated carbocycles. The topological polar surface area (TPSA) is 67.3 Å². The first-order valence-electron chi connectivity index (χ1n) is 3.80. The summed E-state index contributed by atoms with van der Waals surface area (Å²) in [6, 6.07) is 0. The van der Waals surface area contributed by atoms with E-state index in [1.54, 1.807) is 0 Å². The predicted molar refractivity (Wildman–Crippen MR) is 43.0 cm³/mol. The molecule has 1 saturated heterocycles. The van der Waals surface area contributed by atoms with Crippen LogP contribution in [-0.4, -0.2) is 31.3 Å². The number of H-pyrrole nitrogens is 1. The number of aromatic nitrogens is 1. The van der Waals surface area contributed by atoms with Gasteiger partial charge in [0.2, 0.25) is 0 Å². The molecule has 2 rings (SSSR count). The van der Waals surface area contributed by atoms with E-state index >= 15 is 0 Å². The normalized spacial score (nSPS) is 16.3. The van der Waals surface area contributed by atoms with Gasteiger partial charge >= 0.3 is 5.76 Å². The lowest BCUT2D eigenvalue weighted by Gasteiger charge is -2.10. The summed E-state index contributed by atoms with van der Waals surface area (Å²) in [5.41, 5.74) is 0. The van der Waals surface area contributed by atoms with E-state index in [9.17, 15) is 4.79 Å². The fourth-order valence-corrected chi connectivity index (χ4v) is 0.748. The average molecular weight is 172 g/mol. The molecule has 2 N–H and O–H groups in total. The molecule has 0 aliphatic carbocycles. The van der Waals surface area contributed by atoms with Crippen LogP contribution in [0.2, 0.25) is 0 Å². The molecule has 1 fully saturated rings. The van der Waals surface area contributed by atoms with Crippen LogP contribution in [0.3, 0.4) is 0 Å². The van der Waals surface area contributed by atoms with Crippen molar-refractivity contribution >= 4 is 0 Å². The smallest absolute Gasteiger partial charge is 0.416 e. The number of nitrogens with one attached hydrogen (secondary N) is 2. The Morgan fingerprint density at radius 3 is 2.25 bits per heavy atom. The van der Waals surface area contributed by atoms with Crippen LogP contribution < -0.4 is 11.1 Å². The van der Waals surface area contributed by atoms with Gasteiger partial charge in [-0.25, -0.2) is 4.79 Å². The molecule has 0 bridgehead atoms. The summed E-state index contributed by atoms with van der Waals surface area (Å²) in [4.78, 5) is 12.1. The van der Waals surface area contributed by atoms with Gasteiger partial charge in [0.25, 0.3) is 0 Å². The zero-order chi connectivity index (χ0) is 8.65. The van der Waals surface area contributed by atoms with Gasteiger partial charge in [-0.15, -0.1) is 0 Å². The summed E-state index contributed by atoms with van der Waals surface area (Å²) in [5.74, 6) is -0.407. The zero-order valence-electron chi connectivity index (χ0n) is 6.71. The van der Waals surface area contributed by atoms with Crippen LogP contribution in [0.5, 0.6) is 0 Å². The van der Waals surface area contributed by atoms with Crippen molar-refractivity contribution in [1.29, 1.82) is 0 Å². The molecule has 68 valence electrons. The quantitative estimate of drug-likeness (QED) is 0.557. The van der Waals surface area contributed by atoms with Crippen molar-refractivity contribution in [3.05, 3.63) is 23.0 Å². The molecule has 0 unspecified atom stereocenters. The lowest BCUT2D eigenvalue weighted by atomic mass is 10.5. The second-order valence-corrected chi connectivity index (χ2v) is 2.21. The van der Waals surface area contributed by atoms with Gasteiger partial charge in [-0.3, -0.25) is 4.98 Å². The van der Waals surface area contributed by atoms with Crippen molar-refractivity contribution < 1.29 is 9.15 Å². The van der Waals surface area contributed by atoms with Crippen molar-refractivity contribution in [2.24, 2.45) is 0 Å². The minimum Gasteiger partial charge on any atom is -0.417 e. The Bertz CT molecular complexity index is 211. The van der Waals surface area contributed by atoms with E-state index in [1.165, 1.54) is 12.5 Å². The molecule has 1 aromatic rings. The molecule has 0 aromatic carbocycles. The molecule has 12 heavy (non-hydrogen) atoms. The Hall–Kier alpha value is -1.07. The number of hydrogen-bond acceptors (Lipinski definition) is 4. The van der Waals surface area contributed by atoms with Crippen LogP contribution in [0.25, 0.3) is 0 Å². The molecule has 1 aromatic heterocycles. The summed E-state index contributed by atoms with van der Waals surface area (Å²) in [5, 5.41) is 3.16. The van der Waals surface area contributed by atoms with Crippen molar-refractivity contribution in [1.82, 2.24) is 10.3 Å². The second kappa shape index (κ2) is 5.56.